The molecular weight excluding hydrogens is 443 g/mol. The molecule has 0 saturated carbocycles. The van der Waals surface area contributed by atoms with Gasteiger partial charge in [-0.05, 0) is 43.5 Å². The Hall–Kier alpha value is -2.22. The van der Waals surface area contributed by atoms with Crippen molar-refractivity contribution >= 4 is 11.9 Å². The van der Waals surface area contributed by atoms with Crippen LogP contribution in [0.5, 0.6) is 0 Å². The van der Waals surface area contributed by atoms with Gasteiger partial charge >= 0.3 is 41.5 Å². The van der Waals surface area contributed by atoms with Gasteiger partial charge in [-0.25, -0.2) is 9.59 Å². The zero-order valence-corrected chi connectivity index (χ0v) is 22.0. The molecule has 178 valence electrons. The standard InChI is InChI=1S/C14H18O3.C13H14O3.Na.H/c1-2-13(15)10-6-7-11-17-14(16)12-8-4-3-5-9-12;14-13(11-6-2-1-3-7-11)15-9-5-4-8-12-10-16-12;;/h3-9,13,15H,2,10-11H2,1H3;1-7,12H,8-10H2;;/q;;+1;-1/b7-6+;5-4+;;/t13-;12-;;/m10../s1. The first-order chi connectivity index (χ1) is 16.1. The molecule has 1 fully saturated rings. The largest absolute Gasteiger partial charge is 1.00 e. The van der Waals surface area contributed by atoms with Crippen LogP contribution < -0.4 is 29.6 Å². The molecule has 0 aromatic heterocycles. The molecule has 2 aromatic carbocycles. The molecule has 2 aromatic rings. The van der Waals surface area contributed by atoms with Crippen molar-refractivity contribution in [1.29, 1.82) is 0 Å². The number of hydrogen-bond acceptors (Lipinski definition) is 6. The molecule has 7 heteroatoms. The summed E-state index contributed by atoms with van der Waals surface area (Å²) in [5.41, 5.74) is 1.14. The third-order valence-electron chi connectivity index (χ3n) is 4.65. The van der Waals surface area contributed by atoms with Gasteiger partial charge in [-0.3, -0.25) is 0 Å². The molecule has 2 atom stereocenters. The van der Waals surface area contributed by atoms with Gasteiger partial charge in [-0.2, -0.15) is 0 Å². The maximum atomic E-state index is 11.5. The van der Waals surface area contributed by atoms with E-state index >= 15 is 0 Å². The van der Waals surface area contributed by atoms with E-state index in [0.717, 1.165) is 19.4 Å². The van der Waals surface area contributed by atoms with Crippen LogP contribution >= 0.6 is 0 Å². The first kappa shape index (κ1) is 29.8. The maximum absolute atomic E-state index is 11.5. The average molecular weight is 477 g/mol. The molecule has 1 saturated heterocycles. The van der Waals surface area contributed by atoms with Crippen LogP contribution in [0, 0.1) is 0 Å². The molecule has 0 spiro atoms. The number of aliphatic hydroxyl groups is 1. The number of hydrogen-bond donors (Lipinski definition) is 1. The smallest absolute Gasteiger partial charge is 1.00 e. The summed E-state index contributed by atoms with van der Waals surface area (Å²) in [5.74, 6) is -0.612. The van der Waals surface area contributed by atoms with Crippen molar-refractivity contribution < 1.29 is 59.9 Å². The summed E-state index contributed by atoms with van der Waals surface area (Å²) in [5, 5.41) is 9.29. The number of epoxide rings is 1. The van der Waals surface area contributed by atoms with E-state index in [1.165, 1.54) is 0 Å². The van der Waals surface area contributed by atoms with Crippen LogP contribution in [-0.4, -0.2) is 49.1 Å². The molecule has 3 rings (SSSR count). The molecular formula is C27H33NaO6. The SMILES string of the molecule is CC[C@@H](O)C/C=C/COC(=O)c1ccccc1.O=C(OC/C=C/C[C@H]1CO1)c1ccccc1.[H-].[Na+]. The minimum atomic E-state index is -0.328. The van der Waals surface area contributed by atoms with E-state index in [-0.39, 0.29) is 55.6 Å². The van der Waals surface area contributed by atoms with Gasteiger partial charge in [0.15, 0.2) is 0 Å². The molecule has 1 aliphatic rings. The summed E-state index contributed by atoms with van der Waals surface area (Å²) >= 11 is 0. The predicted octanol–water partition coefficient (Wildman–Crippen LogP) is 1.87. The van der Waals surface area contributed by atoms with Gasteiger partial charge in [0, 0.05) is 0 Å². The Morgan fingerprint density at radius 2 is 1.41 bits per heavy atom. The summed E-state index contributed by atoms with van der Waals surface area (Å²) in [6, 6.07) is 17.9. The molecule has 0 aliphatic carbocycles. The van der Waals surface area contributed by atoms with E-state index < -0.39 is 0 Å². The Morgan fingerprint density at radius 3 is 1.85 bits per heavy atom. The Kier molecular flexibility index (Phi) is 15.9. The van der Waals surface area contributed by atoms with E-state index in [2.05, 4.69) is 0 Å². The number of esters is 2. The molecule has 34 heavy (non-hydrogen) atoms. The van der Waals surface area contributed by atoms with Crippen molar-refractivity contribution in [3.8, 4) is 0 Å². The van der Waals surface area contributed by atoms with E-state index in [1.54, 1.807) is 42.5 Å². The molecule has 1 N–H and O–H groups in total. The van der Waals surface area contributed by atoms with Gasteiger partial charge in [-0.1, -0.05) is 67.6 Å². The van der Waals surface area contributed by atoms with Crippen molar-refractivity contribution in [3.05, 3.63) is 96.1 Å². The Morgan fingerprint density at radius 1 is 0.941 bits per heavy atom. The fraction of sp³-hybridized carbons (Fsp3) is 0.333. The number of ether oxygens (including phenoxy) is 3. The molecule has 0 radical (unpaired) electrons. The molecule has 1 heterocycles. The van der Waals surface area contributed by atoms with E-state index in [4.69, 9.17) is 14.2 Å². The molecule has 0 bridgehead atoms. The fourth-order valence-corrected chi connectivity index (χ4v) is 2.57. The zero-order chi connectivity index (χ0) is 23.7. The van der Waals surface area contributed by atoms with Crippen molar-refractivity contribution in [2.45, 2.75) is 38.4 Å². The van der Waals surface area contributed by atoms with Gasteiger partial charge in [0.1, 0.15) is 13.2 Å². The normalized spacial score (nSPS) is 15.1. The second kappa shape index (κ2) is 18.2. The number of carbonyl (C=O) groups excluding carboxylic acids is 2. The monoisotopic (exact) mass is 476 g/mol. The van der Waals surface area contributed by atoms with E-state index in [1.807, 2.05) is 49.4 Å². The average Bonchev–Trinajstić information content (AvgIpc) is 3.69. The summed E-state index contributed by atoms with van der Waals surface area (Å²) in [6.45, 7) is 3.34. The Balaban J connectivity index is 0.000000625. The number of benzene rings is 2. The van der Waals surface area contributed by atoms with Gasteiger partial charge in [0.25, 0.3) is 0 Å². The minimum absolute atomic E-state index is 0. The first-order valence-corrected chi connectivity index (χ1v) is 11.1. The van der Waals surface area contributed by atoms with Gasteiger partial charge in [-0.15, -0.1) is 0 Å². The quantitative estimate of drug-likeness (QED) is 0.231. The predicted molar refractivity (Wildman–Crippen MR) is 128 cm³/mol. The fourth-order valence-electron chi connectivity index (χ4n) is 2.57. The summed E-state index contributed by atoms with van der Waals surface area (Å²) in [6.07, 6.45) is 9.72. The van der Waals surface area contributed by atoms with Crippen LogP contribution in [0.3, 0.4) is 0 Å². The second-order valence-electron chi connectivity index (χ2n) is 7.36. The topological polar surface area (TPSA) is 85.4 Å². The maximum Gasteiger partial charge on any atom is 1.00 e. The van der Waals surface area contributed by atoms with Crippen molar-refractivity contribution in [3.63, 3.8) is 0 Å². The van der Waals surface area contributed by atoms with Gasteiger partial charge < -0.3 is 20.7 Å². The van der Waals surface area contributed by atoms with Crippen LogP contribution in [0.4, 0.5) is 0 Å². The number of aliphatic hydroxyl groups excluding tert-OH is 1. The van der Waals surface area contributed by atoms with E-state index in [9.17, 15) is 14.7 Å². The number of carbonyl (C=O) groups is 2. The second-order valence-corrected chi connectivity index (χ2v) is 7.36. The molecule has 6 nitrogen and oxygen atoms in total. The van der Waals surface area contributed by atoms with Crippen molar-refractivity contribution in [1.82, 2.24) is 0 Å². The van der Waals surface area contributed by atoms with E-state index in [0.29, 0.717) is 30.3 Å². The summed E-state index contributed by atoms with van der Waals surface area (Å²) in [7, 11) is 0. The first-order valence-electron chi connectivity index (χ1n) is 11.1. The van der Waals surface area contributed by atoms with Crippen molar-refractivity contribution in [2.24, 2.45) is 0 Å². The number of rotatable bonds is 11. The zero-order valence-electron chi connectivity index (χ0n) is 21.0. The Labute approximate surface area is 225 Å². The molecule has 0 unspecified atom stereocenters. The molecule has 0 amide bonds. The van der Waals surface area contributed by atoms with Crippen LogP contribution in [-0.2, 0) is 14.2 Å². The molecule has 1 aliphatic heterocycles. The van der Waals surface area contributed by atoms with Crippen LogP contribution in [0.1, 0.15) is 48.3 Å². The van der Waals surface area contributed by atoms with Crippen LogP contribution in [0.25, 0.3) is 0 Å². The summed E-state index contributed by atoms with van der Waals surface area (Å²) < 4.78 is 15.1. The summed E-state index contributed by atoms with van der Waals surface area (Å²) in [4.78, 5) is 23.0. The Bertz CT molecular complexity index is 885. The van der Waals surface area contributed by atoms with Crippen LogP contribution in [0.2, 0.25) is 0 Å². The van der Waals surface area contributed by atoms with Gasteiger partial charge in [0.05, 0.1) is 29.9 Å². The minimum Gasteiger partial charge on any atom is -1.00 e. The van der Waals surface area contributed by atoms with Crippen LogP contribution in [0.15, 0.2) is 85.0 Å². The van der Waals surface area contributed by atoms with Crippen molar-refractivity contribution in [2.75, 3.05) is 19.8 Å². The third kappa shape index (κ3) is 13.5. The third-order valence-corrected chi connectivity index (χ3v) is 4.65. The van der Waals surface area contributed by atoms with Gasteiger partial charge in [0.2, 0.25) is 0 Å².